The molecule has 112 valence electrons. The molecule has 2 aromatic carbocycles. The first kappa shape index (κ1) is 15.9. The van der Waals surface area contributed by atoms with Crippen LogP contribution in [-0.4, -0.2) is 20.6 Å². The maximum Gasteiger partial charge on any atom is 0.265 e. The number of anilines is 2. The molecular weight excluding hydrogens is 380 g/mol. The zero-order chi connectivity index (χ0) is 15.8. The fraction of sp³-hybridized carbons (Fsp3) is 0.0769. The molecule has 21 heavy (non-hydrogen) atoms. The van der Waals surface area contributed by atoms with Gasteiger partial charge in [0.1, 0.15) is 10.6 Å². The average molecular weight is 392 g/mol. The highest BCUT2D eigenvalue weighted by molar-refractivity contribution is 9.10. The Hall–Kier alpha value is -1.44. The highest BCUT2D eigenvalue weighted by Gasteiger charge is 2.25. The standard InChI is InChI=1S/C13H12BrClN2O3S/c1-17(9-2-4-10(18)5-3-9)21(19,20)12-7-8(15)6-11(16)13(12)14/h2-7,18H,16H2,1H3. The Morgan fingerprint density at radius 2 is 1.81 bits per heavy atom. The van der Waals surface area contributed by atoms with Crippen molar-refractivity contribution in [2.24, 2.45) is 0 Å². The molecule has 0 bridgehead atoms. The molecule has 0 spiro atoms. The van der Waals surface area contributed by atoms with Gasteiger partial charge in [0.05, 0.1) is 10.2 Å². The lowest BCUT2D eigenvalue weighted by molar-refractivity contribution is 0.475. The first-order chi connectivity index (χ1) is 9.73. The molecule has 3 N–H and O–H groups in total. The summed E-state index contributed by atoms with van der Waals surface area (Å²) < 4.78 is 26.7. The van der Waals surface area contributed by atoms with Crippen molar-refractivity contribution in [1.29, 1.82) is 0 Å². The summed E-state index contributed by atoms with van der Waals surface area (Å²) in [7, 11) is -2.43. The van der Waals surface area contributed by atoms with E-state index in [-0.39, 0.29) is 25.8 Å². The van der Waals surface area contributed by atoms with Crippen molar-refractivity contribution < 1.29 is 13.5 Å². The van der Waals surface area contributed by atoms with Crippen LogP contribution in [0.3, 0.4) is 0 Å². The molecule has 0 aliphatic heterocycles. The van der Waals surface area contributed by atoms with Gasteiger partial charge in [0, 0.05) is 17.8 Å². The van der Waals surface area contributed by atoms with E-state index >= 15 is 0 Å². The number of rotatable bonds is 3. The van der Waals surface area contributed by atoms with E-state index in [1.165, 1.54) is 43.4 Å². The molecule has 0 unspecified atom stereocenters. The van der Waals surface area contributed by atoms with Crippen molar-refractivity contribution in [2.45, 2.75) is 4.90 Å². The molecule has 0 saturated carbocycles. The normalized spacial score (nSPS) is 11.4. The molecule has 5 nitrogen and oxygen atoms in total. The van der Waals surface area contributed by atoms with E-state index in [2.05, 4.69) is 15.9 Å². The second-order valence-corrected chi connectivity index (χ2v) is 7.46. The van der Waals surface area contributed by atoms with E-state index in [0.29, 0.717) is 5.69 Å². The molecule has 0 aromatic heterocycles. The largest absolute Gasteiger partial charge is 0.508 e. The third-order valence-corrected chi connectivity index (χ3v) is 6.06. The number of nitrogens with zero attached hydrogens (tertiary/aromatic N) is 1. The molecule has 0 amide bonds. The second-order valence-electron chi connectivity index (χ2n) is 4.30. The van der Waals surface area contributed by atoms with E-state index in [9.17, 15) is 13.5 Å². The zero-order valence-corrected chi connectivity index (χ0v) is 14.1. The van der Waals surface area contributed by atoms with Gasteiger partial charge < -0.3 is 10.8 Å². The lowest BCUT2D eigenvalue weighted by atomic mass is 10.3. The van der Waals surface area contributed by atoms with Crippen molar-refractivity contribution in [3.05, 3.63) is 45.9 Å². The Balaban J connectivity index is 2.54. The summed E-state index contributed by atoms with van der Waals surface area (Å²) in [5, 5.41) is 9.50. The number of hydrogen-bond acceptors (Lipinski definition) is 4. The first-order valence-corrected chi connectivity index (χ1v) is 8.37. The van der Waals surface area contributed by atoms with Crippen LogP contribution in [0.5, 0.6) is 5.75 Å². The van der Waals surface area contributed by atoms with Gasteiger partial charge in [-0.25, -0.2) is 8.42 Å². The van der Waals surface area contributed by atoms with Gasteiger partial charge in [-0.1, -0.05) is 11.6 Å². The molecule has 0 atom stereocenters. The number of sulfonamides is 1. The van der Waals surface area contributed by atoms with Crippen LogP contribution in [0, 0.1) is 0 Å². The van der Waals surface area contributed by atoms with Crippen LogP contribution in [0.1, 0.15) is 0 Å². The van der Waals surface area contributed by atoms with Gasteiger partial charge in [-0.2, -0.15) is 0 Å². The smallest absolute Gasteiger partial charge is 0.265 e. The van der Waals surface area contributed by atoms with Crippen LogP contribution in [0.15, 0.2) is 45.8 Å². The predicted molar refractivity (Wildman–Crippen MR) is 87.3 cm³/mol. The predicted octanol–water partition coefficient (Wildman–Crippen LogP) is 3.22. The maximum absolute atomic E-state index is 12.7. The molecule has 0 fully saturated rings. The molecule has 0 heterocycles. The van der Waals surface area contributed by atoms with E-state index in [1.54, 1.807) is 0 Å². The minimum Gasteiger partial charge on any atom is -0.508 e. The van der Waals surface area contributed by atoms with Crippen molar-refractivity contribution in [1.82, 2.24) is 0 Å². The Morgan fingerprint density at radius 3 is 2.38 bits per heavy atom. The summed E-state index contributed by atoms with van der Waals surface area (Å²) in [4.78, 5) is -0.0249. The zero-order valence-electron chi connectivity index (χ0n) is 10.9. The highest BCUT2D eigenvalue weighted by Crippen LogP contribution is 2.34. The van der Waals surface area contributed by atoms with Crippen molar-refractivity contribution in [3.8, 4) is 5.75 Å². The maximum atomic E-state index is 12.7. The molecule has 8 heteroatoms. The number of benzene rings is 2. The summed E-state index contributed by atoms with van der Waals surface area (Å²) in [5.41, 5.74) is 6.37. The van der Waals surface area contributed by atoms with Gasteiger partial charge in [-0.3, -0.25) is 4.31 Å². The van der Waals surface area contributed by atoms with Crippen LogP contribution in [0.25, 0.3) is 0 Å². The van der Waals surface area contributed by atoms with Gasteiger partial charge in [0.2, 0.25) is 0 Å². The summed E-state index contributed by atoms with van der Waals surface area (Å²) >= 11 is 9.06. The number of phenolic OH excluding ortho intramolecular Hbond substituents is 1. The van der Waals surface area contributed by atoms with Crippen molar-refractivity contribution in [3.63, 3.8) is 0 Å². The minimum atomic E-state index is -3.84. The van der Waals surface area contributed by atoms with Crippen LogP contribution in [-0.2, 0) is 10.0 Å². The van der Waals surface area contributed by atoms with Gasteiger partial charge in [-0.05, 0) is 52.3 Å². The Kier molecular flexibility index (Phi) is 4.36. The lowest BCUT2D eigenvalue weighted by Gasteiger charge is -2.21. The van der Waals surface area contributed by atoms with Gasteiger partial charge in [0.15, 0.2) is 0 Å². The lowest BCUT2D eigenvalue weighted by Crippen LogP contribution is -2.27. The minimum absolute atomic E-state index is 0.0249. The number of hydrogen-bond donors (Lipinski definition) is 2. The van der Waals surface area contributed by atoms with Gasteiger partial charge in [-0.15, -0.1) is 0 Å². The summed E-state index contributed by atoms with van der Waals surface area (Å²) in [6.45, 7) is 0. The molecule has 0 aliphatic rings. The number of phenols is 1. The molecule has 2 rings (SSSR count). The van der Waals surface area contributed by atoms with E-state index in [0.717, 1.165) is 4.31 Å². The molecule has 0 saturated heterocycles. The van der Waals surface area contributed by atoms with Crippen molar-refractivity contribution >= 4 is 48.9 Å². The molecule has 2 aromatic rings. The Morgan fingerprint density at radius 1 is 1.24 bits per heavy atom. The quantitative estimate of drug-likeness (QED) is 0.787. The summed E-state index contributed by atoms with van der Waals surface area (Å²) in [6, 6.07) is 8.59. The SMILES string of the molecule is CN(c1ccc(O)cc1)S(=O)(=O)c1cc(Cl)cc(N)c1Br. The number of nitrogen functional groups attached to an aromatic ring is 1. The average Bonchev–Trinajstić information content (AvgIpc) is 2.42. The van der Waals surface area contributed by atoms with Gasteiger partial charge in [0.25, 0.3) is 10.0 Å². The van der Waals surface area contributed by atoms with Crippen LogP contribution in [0.2, 0.25) is 5.02 Å². The number of halogens is 2. The first-order valence-electron chi connectivity index (χ1n) is 5.76. The topological polar surface area (TPSA) is 83.6 Å². The Bertz CT molecular complexity index is 779. The van der Waals surface area contributed by atoms with E-state index < -0.39 is 10.0 Å². The Labute approximate surface area is 136 Å². The van der Waals surface area contributed by atoms with Gasteiger partial charge >= 0.3 is 0 Å². The second kappa shape index (κ2) is 5.75. The monoisotopic (exact) mass is 390 g/mol. The summed E-state index contributed by atoms with van der Waals surface area (Å²) in [5.74, 6) is 0.0535. The van der Waals surface area contributed by atoms with Crippen LogP contribution < -0.4 is 10.0 Å². The van der Waals surface area contributed by atoms with Crippen LogP contribution >= 0.6 is 27.5 Å². The fourth-order valence-corrected chi connectivity index (χ4v) is 4.17. The van der Waals surface area contributed by atoms with E-state index in [1.807, 2.05) is 0 Å². The number of aromatic hydroxyl groups is 1. The number of nitrogens with two attached hydrogens (primary N) is 1. The fourth-order valence-electron chi connectivity index (χ4n) is 1.72. The third kappa shape index (κ3) is 3.09. The summed E-state index contributed by atoms with van der Waals surface area (Å²) in [6.07, 6.45) is 0. The third-order valence-electron chi connectivity index (χ3n) is 2.88. The molecule has 0 radical (unpaired) electrons. The van der Waals surface area contributed by atoms with E-state index in [4.69, 9.17) is 17.3 Å². The molecular formula is C13H12BrClN2O3S. The van der Waals surface area contributed by atoms with Crippen LogP contribution in [0.4, 0.5) is 11.4 Å². The molecule has 0 aliphatic carbocycles. The van der Waals surface area contributed by atoms with Crippen molar-refractivity contribution in [2.75, 3.05) is 17.1 Å². The highest BCUT2D eigenvalue weighted by atomic mass is 79.9.